The fourth-order valence-corrected chi connectivity index (χ4v) is 3.51. The number of sulfone groups is 1. The van der Waals surface area contributed by atoms with Crippen LogP contribution in [0.3, 0.4) is 0 Å². The van der Waals surface area contributed by atoms with E-state index in [4.69, 9.17) is 17.3 Å². The number of halogens is 1. The maximum Gasteiger partial charge on any atom is 0.183 e. The molecule has 18 heavy (non-hydrogen) atoms. The van der Waals surface area contributed by atoms with E-state index in [1.807, 2.05) is 0 Å². The molecule has 1 aromatic heterocycles. The van der Waals surface area contributed by atoms with Crippen LogP contribution in [-0.4, -0.2) is 13.4 Å². The molecule has 0 saturated heterocycles. The number of hydrogen-bond acceptors (Lipinski definition) is 4. The Labute approximate surface area is 110 Å². The van der Waals surface area contributed by atoms with Gasteiger partial charge in [-0.1, -0.05) is 11.6 Å². The topological polar surface area (TPSA) is 73.1 Å². The average Bonchev–Trinajstić information content (AvgIpc) is 2.29. The molecule has 0 atom stereocenters. The molecule has 0 fully saturated rings. The molecule has 0 saturated carbocycles. The molecular weight excluding hydrogens is 272 g/mol. The van der Waals surface area contributed by atoms with Crippen LogP contribution in [0.1, 0.15) is 5.56 Å². The summed E-state index contributed by atoms with van der Waals surface area (Å²) < 4.78 is 24.4. The van der Waals surface area contributed by atoms with E-state index in [1.165, 1.54) is 18.2 Å². The van der Waals surface area contributed by atoms with Gasteiger partial charge in [-0.15, -0.1) is 0 Å². The fraction of sp³-hybridized carbons (Fsp3) is 0.0833. The number of hydrogen-bond donors (Lipinski definition) is 1. The summed E-state index contributed by atoms with van der Waals surface area (Å²) in [6.07, 6.45) is 3.10. The summed E-state index contributed by atoms with van der Waals surface area (Å²) in [5.74, 6) is -0.112. The van der Waals surface area contributed by atoms with Gasteiger partial charge in [0.25, 0.3) is 0 Å². The number of benzene rings is 1. The van der Waals surface area contributed by atoms with Gasteiger partial charge >= 0.3 is 0 Å². The molecule has 6 heteroatoms. The number of nitrogens with two attached hydrogens (primary N) is 1. The van der Waals surface area contributed by atoms with Gasteiger partial charge < -0.3 is 5.73 Å². The van der Waals surface area contributed by atoms with Crippen LogP contribution in [0.25, 0.3) is 0 Å². The molecule has 4 nitrogen and oxygen atoms in total. The average molecular weight is 283 g/mol. The first kappa shape index (κ1) is 12.9. The zero-order valence-electron chi connectivity index (χ0n) is 9.38. The van der Waals surface area contributed by atoms with Crippen LogP contribution in [0.15, 0.2) is 47.6 Å². The number of pyridine rings is 1. The van der Waals surface area contributed by atoms with Gasteiger partial charge in [-0.3, -0.25) is 4.98 Å². The first-order valence-corrected chi connectivity index (χ1v) is 7.19. The summed E-state index contributed by atoms with van der Waals surface area (Å²) in [4.78, 5) is 3.93. The third-order valence-corrected chi connectivity index (χ3v) is 4.56. The van der Waals surface area contributed by atoms with Crippen molar-refractivity contribution >= 4 is 27.1 Å². The standard InChI is InChI=1S/C12H11ClN2O2S/c13-11-7-10(14)1-2-12(11)18(16,17)8-9-3-5-15-6-4-9/h1-7H,8,14H2. The van der Waals surface area contributed by atoms with Crippen molar-refractivity contribution in [2.75, 3.05) is 5.73 Å². The molecule has 0 radical (unpaired) electrons. The second kappa shape index (κ2) is 4.96. The van der Waals surface area contributed by atoms with Crippen molar-refractivity contribution in [1.82, 2.24) is 4.98 Å². The zero-order chi connectivity index (χ0) is 13.2. The zero-order valence-corrected chi connectivity index (χ0v) is 10.9. The van der Waals surface area contributed by atoms with Gasteiger partial charge in [-0.2, -0.15) is 0 Å². The minimum Gasteiger partial charge on any atom is -0.399 e. The van der Waals surface area contributed by atoms with Crippen LogP contribution in [0.2, 0.25) is 5.02 Å². The van der Waals surface area contributed by atoms with E-state index in [0.717, 1.165) is 0 Å². The van der Waals surface area contributed by atoms with Crippen molar-refractivity contribution in [3.63, 3.8) is 0 Å². The van der Waals surface area contributed by atoms with Gasteiger partial charge in [-0.05, 0) is 35.9 Å². The quantitative estimate of drug-likeness (QED) is 0.877. The summed E-state index contributed by atoms with van der Waals surface area (Å²) >= 11 is 5.91. The SMILES string of the molecule is Nc1ccc(S(=O)(=O)Cc2ccncc2)c(Cl)c1. The molecular formula is C12H11ClN2O2S. The fourth-order valence-electron chi connectivity index (χ4n) is 1.55. The molecule has 0 aliphatic heterocycles. The Morgan fingerprint density at radius 3 is 2.44 bits per heavy atom. The Morgan fingerprint density at radius 1 is 1.17 bits per heavy atom. The second-order valence-electron chi connectivity index (χ2n) is 3.80. The maximum atomic E-state index is 12.2. The van der Waals surface area contributed by atoms with Crippen molar-refractivity contribution in [3.05, 3.63) is 53.3 Å². The molecule has 1 heterocycles. The maximum absolute atomic E-state index is 12.2. The molecule has 0 amide bonds. The van der Waals surface area contributed by atoms with Gasteiger partial charge in [-0.25, -0.2) is 8.42 Å². The molecule has 2 aromatic rings. The number of nitrogens with zero attached hydrogens (tertiary/aromatic N) is 1. The second-order valence-corrected chi connectivity index (χ2v) is 6.17. The molecule has 0 unspecified atom stereocenters. The monoisotopic (exact) mass is 282 g/mol. The van der Waals surface area contributed by atoms with Crippen molar-refractivity contribution in [3.8, 4) is 0 Å². The van der Waals surface area contributed by atoms with E-state index >= 15 is 0 Å². The molecule has 1 aromatic carbocycles. The molecule has 0 aliphatic carbocycles. The number of rotatable bonds is 3. The molecule has 2 rings (SSSR count). The first-order chi connectivity index (χ1) is 8.49. The largest absolute Gasteiger partial charge is 0.399 e. The Balaban J connectivity index is 2.37. The van der Waals surface area contributed by atoms with E-state index in [1.54, 1.807) is 24.5 Å². The predicted molar refractivity (Wildman–Crippen MR) is 71.0 cm³/mol. The smallest absolute Gasteiger partial charge is 0.183 e. The Morgan fingerprint density at radius 2 is 1.83 bits per heavy atom. The lowest BCUT2D eigenvalue weighted by molar-refractivity contribution is 0.595. The number of nitrogen functional groups attached to an aromatic ring is 1. The van der Waals surface area contributed by atoms with Crippen LogP contribution < -0.4 is 5.73 Å². The normalized spacial score (nSPS) is 11.4. The first-order valence-electron chi connectivity index (χ1n) is 5.16. The Kier molecular flexibility index (Phi) is 3.54. The molecule has 0 aliphatic rings. The highest BCUT2D eigenvalue weighted by Crippen LogP contribution is 2.26. The lowest BCUT2D eigenvalue weighted by Crippen LogP contribution is -2.06. The van der Waals surface area contributed by atoms with Crippen LogP contribution in [-0.2, 0) is 15.6 Å². The summed E-state index contributed by atoms with van der Waals surface area (Å²) in [5, 5.41) is 0.143. The highest BCUT2D eigenvalue weighted by molar-refractivity contribution is 7.90. The van der Waals surface area contributed by atoms with Crippen molar-refractivity contribution in [2.45, 2.75) is 10.6 Å². The van der Waals surface area contributed by atoms with Gasteiger partial charge in [0.05, 0.1) is 15.7 Å². The van der Waals surface area contributed by atoms with Crippen molar-refractivity contribution in [2.24, 2.45) is 0 Å². The molecule has 2 N–H and O–H groups in total. The molecule has 94 valence electrons. The van der Waals surface area contributed by atoms with Crippen LogP contribution in [0.4, 0.5) is 5.69 Å². The Bertz CT molecular complexity index is 657. The highest BCUT2D eigenvalue weighted by Gasteiger charge is 2.18. The Hall–Kier alpha value is -1.59. The summed E-state index contributed by atoms with van der Waals surface area (Å²) in [7, 11) is -3.48. The highest BCUT2D eigenvalue weighted by atomic mass is 35.5. The lowest BCUT2D eigenvalue weighted by atomic mass is 10.3. The molecule has 0 spiro atoms. The minimum atomic E-state index is -3.48. The van der Waals surface area contributed by atoms with E-state index in [2.05, 4.69) is 4.98 Å². The summed E-state index contributed by atoms with van der Waals surface area (Å²) in [5.41, 5.74) is 6.63. The summed E-state index contributed by atoms with van der Waals surface area (Å²) in [6.45, 7) is 0. The van der Waals surface area contributed by atoms with Crippen molar-refractivity contribution < 1.29 is 8.42 Å². The van der Waals surface area contributed by atoms with Gasteiger partial charge in [0.2, 0.25) is 0 Å². The van der Waals surface area contributed by atoms with E-state index in [-0.39, 0.29) is 15.7 Å². The van der Waals surface area contributed by atoms with Crippen LogP contribution in [0, 0.1) is 0 Å². The van der Waals surface area contributed by atoms with E-state index in [0.29, 0.717) is 11.3 Å². The third kappa shape index (κ3) is 2.80. The number of aromatic nitrogens is 1. The third-order valence-electron chi connectivity index (χ3n) is 2.40. The van der Waals surface area contributed by atoms with Gasteiger partial charge in [0.15, 0.2) is 9.84 Å². The van der Waals surface area contributed by atoms with E-state index in [9.17, 15) is 8.42 Å². The van der Waals surface area contributed by atoms with Crippen LogP contribution >= 0.6 is 11.6 Å². The van der Waals surface area contributed by atoms with Crippen molar-refractivity contribution in [1.29, 1.82) is 0 Å². The molecule has 0 bridgehead atoms. The number of anilines is 1. The minimum absolute atomic E-state index is 0.0928. The van der Waals surface area contributed by atoms with E-state index < -0.39 is 9.84 Å². The van der Waals surface area contributed by atoms with Gasteiger partial charge in [0.1, 0.15) is 0 Å². The predicted octanol–water partition coefficient (Wildman–Crippen LogP) is 2.29. The van der Waals surface area contributed by atoms with Crippen LogP contribution in [0.5, 0.6) is 0 Å². The lowest BCUT2D eigenvalue weighted by Gasteiger charge is -2.07. The van der Waals surface area contributed by atoms with Gasteiger partial charge in [0, 0.05) is 18.1 Å². The summed E-state index contributed by atoms with van der Waals surface area (Å²) in [6, 6.07) is 7.69.